The SMILES string of the molecule is CCCCCC(=O)c1ccc(O)c2c1C[C@H]1C[C@H]3[C@H](N(C)C)C(=O)C(C(N)=O)C(=O)[C@@]3(O)C(=O)C1C2=O. The number of amides is 1. The number of nitrogens with two attached hydrogens (primary N) is 1. The lowest BCUT2D eigenvalue weighted by atomic mass is 9.52. The largest absolute Gasteiger partial charge is 0.507 e. The van der Waals surface area contributed by atoms with Gasteiger partial charge in [-0.25, -0.2) is 0 Å². The summed E-state index contributed by atoms with van der Waals surface area (Å²) in [6.45, 7) is 2.01. The lowest BCUT2D eigenvalue weighted by molar-refractivity contribution is -0.181. The van der Waals surface area contributed by atoms with Gasteiger partial charge in [0, 0.05) is 17.9 Å². The molecule has 10 nitrogen and oxygen atoms in total. The Morgan fingerprint density at radius 1 is 1.11 bits per heavy atom. The van der Waals surface area contributed by atoms with E-state index in [0.717, 1.165) is 12.8 Å². The molecule has 1 aromatic carbocycles. The van der Waals surface area contributed by atoms with Crippen LogP contribution >= 0.6 is 0 Å². The molecule has 2 fully saturated rings. The number of rotatable bonds is 7. The van der Waals surface area contributed by atoms with Gasteiger partial charge < -0.3 is 15.9 Å². The fourth-order valence-electron chi connectivity index (χ4n) is 6.54. The van der Waals surface area contributed by atoms with Crippen molar-refractivity contribution < 1.29 is 39.0 Å². The molecule has 1 aromatic rings. The van der Waals surface area contributed by atoms with Crippen molar-refractivity contribution in [3.63, 3.8) is 0 Å². The molecule has 1 amide bonds. The van der Waals surface area contributed by atoms with Crippen molar-refractivity contribution >= 4 is 34.8 Å². The minimum Gasteiger partial charge on any atom is -0.507 e. The number of aliphatic hydroxyl groups is 1. The number of phenols is 1. The van der Waals surface area contributed by atoms with Crippen LogP contribution in [-0.2, 0) is 25.6 Å². The predicted molar refractivity (Wildman–Crippen MR) is 130 cm³/mol. The second-order valence-corrected chi connectivity index (χ2v) is 10.7. The normalized spacial score (nSPS) is 31.1. The molecule has 0 saturated heterocycles. The molecule has 2 saturated carbocycles. The molecule has 3 aliphatic carbocycles. The second-order valence-electron chi connectivity index (χ2n) is 10.7. The second kappa shape index (κ2) is 9.57. The molecule has 0 aliphatic heterocycles. The molecule has 37 heavy (non-hydrogen) atoms. The first-order valence-corrected chi connectivity index (χ1v) is 12.6. The highest BCUT2D eigenvalue weighted by Crippen LogP contribution is 2.51. The molecule has 4 rings (SSSR count). The Morgan fingerprint density at radius 2 is 1.78 bits per heavy atom. The Hall–Kier alpha value is -3.24. The minimum atomic E-state index is -2.76. The summed E-state index contributed by atoms with van der Waals surface area (Å²) in [5.41, 5.74) is 3.04. The van der Waals surface area contributed by atoms with E-state index in [-0.39, 0.29) is 30.6 Å². The zero-order chi connectivity index (χ0) is 27.4. The highest BCUT2D eigenvalue weighted by Gasteiger charge is 2.69. The van der Waals surface area contributed by atoms with Gasteiger partial charge in [-0.1, -0.05) is 19.8 Å². The molecule has 3 aliphatic rings. The number of carbonyl (C=O) groups excluding carboxylic acids is 6. The van der Waals surface area contributed by atoms with E-state index >= 15 is 0 Å². The summed E-state index contributed by atoms with van der Waals surface area (Å²) in [7, 11) is 3.06. The fourth-order valence-corrected chi connectivity index (χ4v) is 6.54. The molecular formula is C27H32N2O8. The Bertz CT molecular complexity index is 1220. The molecule has 2 unspecified atom stereocenters. The van der Waals surface area contributed by atoms with E-state index < -0.39 is 70.1 Å². The zero-order valence-electron chi connectivity index (χ0n) is 21.2. The topological polar surface area (TPSA) is 172 Å². The van der Waals surface area contributed by atoms with Gasteiger partial charge in [-0.2, -0.15) is 0 Å². The van der Waals surface area contributed by atoms with Crippen LogP contribution in [0.1, 0.15) is 65.3 Å². The maximum atomic E-state index is 13.8. The molecule has 0 heterocycles. The van der Waals surface area contributed by atoms with Gasteiger partial charge in [-0.3, -0.25) is 33.7 Å². The number of unbranched alkanes of at least 4 members (excludes halogenated alkanes) is 2. The van der Waals surface area contributed by atoms with Crippen LogP contribution in [0.25, 0.3) is 0 Å². The maximum absolute atomic E-state index is 13.8. The van der Waals surface area contributed by atoms with Crippen molar-refractivity contribution in [1.82, 2.24) is 4.90 Å². The number of aromatic hydroxyl groups is 1. The van der Waals surface area contributed by atoms with Gasteiger partial charge in [0.15, 0.2) is 40.4 Å². The number of hydrogen-bond donors (Lipinski definition) is 3. The average molecular weight is 513 g/mol. The highest BCUT2D eigenvalue weighted by molar-refractivity contribution is 6.32. The number of phenolic OH excluding ortho intramolecular Hbond substituents is 1. The third-order valence-electron chi connectivity index (χ3n) is 8.25. The third-order valence-corrected chi connectivity index (χ3v) is 8.25. The Kier molecular flexibility index (Phi) is 6.94. The number of nitrogens with zero attached hydrogens (tertiary/aromatic N) is 1. The summed E-state index contributed by atoms with van der Waals surface area (Å²) < 4.78 is 0. The molecule has 4 N–H and O–H groups in total. The van der Waals surface area contributed by atoms with Crippen molar-refractivity contribution in [1.29, 1.82) is 0 Å². The Balaban J connectivity index is 1.81. The first kappa shape index (κ1) is 26.8. The number of benzene rings is 1. The lowest BCUT2D eigenvalue weighted by Gasteiger charge is -2.52. The van der Waals surface area contributed by atoms with Crippen molar-refractivity contribution in [2.75, 3.05) is 14.1 Å². The maximum Gasteiger partial charge on any atom is 0.235 e. The molecule has 0 bridgehead atoms. The first-order chi connectivity index (χ1) is 17.4. The third kappa shape index (κ3) is 3.93. The summed E-state index contributed by atoms with van der Waals surface area (Å²) >= 11 is 0. The van der Waals surface area contributed by atoms with E-state index in [0.29, 0.717) is 17.5 Å². The van der Waals surface area contributed by atoms with E-state index in [9.17, 15) is 39.0 Å². The van der Waals surface area contributed by atoms with Gasteiger partial charge in [-0.15, -0.1) is 0 Å². The van der Waals surface area contributed by atoms with E-state index in [1.165, 1.54) is 31.1 Å². The first-order valence-electron chi connectivity index (χ1n) is 12.6. The summed E-state index contributed by atoms with van der Waals surface area (Å²) in [5, 5.41) is 22.1. The van der Waals surface area contributed by atoms with Crippen molar-refractivity contribution in [3.8, 4) is 5.75 Å². The van der Waals surface area contributed by atoms with Crippen LogP contribution in [0.15, 0.2) is 12.1 Å². The average Bonchev–Trinajstić information content (AvgIpc) is 2.81. The number of primary amides is 1. The van der Waals surface area contributed by atoms with Crippen LogP contribution in [0.5, 0.6) is 5.75 Å². The standard InChI is InChI=1S/C27H32N2O8/c1-4-5-6-7-16(30)13-8-9-17(31)19-14(13)10-12-11-15-21(29(2)3)23(33)20(26(28)36)25(35)27(15,37)24(34)18(12)22(19)32/h8-9,12,15,18,20-21,31,37H,4-7,10-11H2,1-3H3,(H2,28,36)/t12-,15-,18?,20?,21-,27-/m0/s1. The lowest BCUT2D eigenvalue weighted by Crippen LogP contribution is -2.74. The number of Topliss-reactive ketones (excluding diaryl/α,β-unsaturated/α-hetero) is 5. The molecular weight excluding hydrogens is 480 g/mol. The van der Waals surface area contributed by atoms with Crippen molar-refractivity contribution in [3.05, 3.63) is 28.8 Å². The van der Waals surface area contributed by atoms with E-state index in [2.05, 4.69) is 0 Å². The van der Waals surface area contributed by atoms with Gasteiger partial charge in [-0.05, 0) is 57.0 Å². The molecule has 198 valence electrons. The Labute approximate surface area is 214 Å². The molecule has 10 heteroatoms. The highest BCUT2D eigenvalue weighted by atomic mass is 16.3. The van der Waals surface area contributed by atoms with Crippen molar-refractivity contribution in [2.45, 2.75) is 57.1 Å². The number of fused-ring (bicyclic) bond motifs is 3. The zero-order valence-corrected chi connectivity index (χ0v) is 21.2. The van der Waals surface area contributed by atoms with Crippen LogP contribution < -0.4 is 5.73 Å². The van der Waals surface area contributed by atoms with Crippen LogP contribution in [0.3, 0.4) is 0 Å². The van der Waals surface area contributed by atoms with Crippen LogP contribution in [0.4, 0.5) is 0 Å². The summed E-state index contributed by atoms with van der Waals surface area (Å²) in [4.78, 5) is 80.3. The summed E-state index contributed by atoms with van der Waals surface area (Å²) in [5.74, 6) is -11.2. The monoisotopic (exact) mass is 512 g/mol. The number of likely N-dealkylation sites (N-methyl/N-ethyl adjacent to an activating group) is 1. The quantitative estimate of drug-likeness (QED) is 0.269. The van der Waals surface area contributed by atoms with Crippen LogP contribution in [0.2, 0.25) is 0 Å². The summed E-state index contributed by atoms with van der Waals surface area (Å²) in [6, 6.07) is 1.55. The van der Waals surface area contributed by atoms with Gasteiger partial charge in [0.05, 0.1) is 17.5 Å². The minimum absolute atomic E-state index is 0.0526. The van der Waals surface area contributed by atoms with Gasteiger partial charge in [0.2, 0.25) is 5.91 Å². The number of carbonyl (C=O) groups is 6. The van der Waals surface area contributed by atoms with Crippen LogP contribution in [-0.4, -0.2) is 75.7 Å². The number of ketones is 5. The van der Waals surface area contributed by atoms with Crippen LogP contribution in [0, 0.1) is 23.7 Å². The van der Waals surface area contributed by atoms with Crippen molar-refractivity contribution in [2.24, 2.45) is 29.4 Å². The fraction of sp³-hybridized carbons (Fsp3) is 0.556. The van der Waals surface area contributed by atoms with E-state index in [4.69, 9.17) is 5.73 Å². The smallest absolute Gasteiger partial charge is 0.235 e. The van der Waals surface area contributed by atoms with E-state index in [1.807, 2.05) is 6.92 Å². The van der Waals surface area contributed by atoms with Gasteiger partial charge >= 0.3 is 0 Å². The summed E-state index contributed by atoms with van der Waals surface area (Å²) in [6.07, 6.45) is 2.77. The molecule has 0 aromatic heterocycles. The van der Waals surface area contributed by atoms with Gasteiger partial charge in [0.1, 0.15) is 5.75 Å². The molecule has 0 spiro atoms. The predicted octanol–water partition coefficient (Wildman–Crippen LogP) is 0.630. The molecule has 6 atom stereocenters. The Morgan fingerprint density at radius 3 is 2.38 bits per heavy atom. The number of hydrogen-bond acceptors (Lipinski definition) is 9. The molecule has 0 radical (unpaired) electrons. The van der Waals surface area contributed by atoms with E-state index in [1.54, 1.807) is 0 Å². The van der Waals surface area contributed by atoms with Gasteiger partial charge in [0.25, 0.3) is 0 Å².